The van der Waals surface area contributed by atoms with Gasteiger partial charge in [-0.3, -0.25) is 0 Å². The quantitative estimate of drug-likeness (QED) is 0.217. The van der Waals surface area contributed by atoms with Crippen molar-refractivity contribution in [3.05, 3.63) is 41.5 Å². The summed E-state index contributed by atoms with van der Waals surface area (Å²) >= 11 is 0. The molecule has 0 bridgehead atoms. The first-order chi connectivity index (χ1) is 23.0. The minimum atomic E-state index is -4.22. The third-order valence-corrected chi connectivity index (χ3v) is 9.96. The number of terminal acetylenes is 1. The van der Waals surface area contributed by atoms with Crippen molar-refractivity contribution in [2.24, 2.45) is 11.3 Å². The summed E-state index contributed by atoms with van der Waals surface area (Å²) in [6, 6.07) is 5.04. The Kier molecular flexibility index (Phi) is 7.26. The lowest BCUT2D eigenvalue weighted by Gasteiger charge is -2.35. The lowest BCUT2D eigenvalue weighted by atomic mass is 9.95. The smallest absolute Gasteiger partial charge is 0.393 e. The van der Waals surface area contributed by atoms with Crippen molar-refractivity contribution in [2.75, 3.05) is 57.4 Å². The maximum atomic E-state index is 16.9. The highest BCUT2D eigenvalue weighted by atomic mass is 19.4. The zero-order valence-corrected chi connectivity index (χ0v) is 25.7. The number of hydrogen-bond donors (Lipinski definition) is 2. The summed E-state index contributed by atoms with van der Waals surface area (Å²) in [5.41, 5.74) is -0.789. The number of phenolic OH excluding ortho intramolecular Hbond substituents is 1. The Morgan fingerprint density at radius 3 is 2.71 bits per heavy atom. The predicted molar refractivity (Wildman–Crippen MR) is 167 cm³/mol. The normalized spacial score (nSPS) is 21.9. The summed E-state index contributed by atoms with van der Waals surface area (Å²) in [4.78, 5) is 17.6. The monoisotopic (exact) mass is 666 g/mol. The molecule has 2 atom stereocenters. The van der Waals surface area contributed by atoms with Crippen LogP contribution in [0.25, 0.3) is 32.9 Å². The van der Waals surface area contributed by atoms with Crippen molar-refractivity contribution in [3.63, 3.8) is 0 Å². The Morgan fingerprint density at radius 2 is 1.96 bits per heavy atom. The number of fused-ring (bicyclic) bond motifs is 3. The standard InChI is InChI=1S/C34H31F5N6O3/c1-2-22-24(35)4-3-18-11-21(46)12-23(25(18)22)28-27(36)29-26-30(45-10-8-40-13-20(45)15-47-31(26)41-28)43-32(42-29)48-17-33(6-7-33)16-44-9-5-19(14-44)34(37,38)39/h1,3-4,11-12,19-20,40,46H,5-10,13-17H2/t19?,20-/m0/s1. The molecule has 2 N–H and O–H groups in total. The minimum absolute atomic E-state index is 0.0367. The molecule has 2 aromatic heterocycles. The molecule has 14 heteroatoms. The van der Waals surface area contributed by atoms with Gasteiger partial charge in [0, 0.05) is 49.1 Å². The maximum absolute atomic E-state index is 16.9. The Balaban J connectivity index is 1.21. The van der Waals surface area contributed by atoms with Gasteiger partial charge in [-0.1, -0.05) is 12.0 Å². The van der Waals surface area contributed by atoms with Gasteiger partial charge in [0.05, 0.1) is 24.1 Å². The van der Waals surface area contributed by atoms with Gasteiger partial charge < -0.3 is 29.7 Å². The minimum Gasteiger partial charge on any atom is -0.508 e. The van der Waals surface area contributed by atoms with Gasteiger partial charge in [0.25, 0.3) is 0 Å². The van der Waals surface area contributed by atoms with Crippen LogP contribution in [0.1, 0.15) is 24.8 Å². The number of nitrogens with zero attached hydrogens (tertiary/aromatic N) is 5. The molecular formula is C34H31F5N6O3. The molecule has 2 saturated heterocycles. The van der Waals surface area contributed by atoms with E-state index in [4.69, 9.17) is 20.9 Å². The van der Waals surface area contributed by atoms with Crippen molar-refractivity contribution >= 4 is 27.5 Å². The molecule has 1 aliphatic carbocycles. The Labute approximate surface area is 272 Å². The number of aromatic nitrogens is 3. The van der Waals surface area contributed by atoms with Gasteiger partial charge in [-0.05, 0) is 49.4 Å². The van der Waals surface area contributed by atoms with E-state index in [0.717, 1.165) is 12.8 Å². The molecule has 0 spiro atoms. The number of phenols is 1. The molecule has 3 aliphatic heterocycles. The molecule has 8 rings (SSSR count). The number of halogens is 5. The van der Waals surface area contributed by atoms with E-state index in [1.165, 1.54) is 24.3 Å². The van der Waals surface area contributed by atoms with Gasteiger partial charge in [0.2, 0.25) is 5.88 Å². The number of likely N-dealkylation sites (tertiary alicyclic amines) is 1. The molecule has 48 heavy (non-hydrogen) atoms. The highest BCUT2D eigenvalue weighted by Crippen LogP contribution is 2.48. The lowest BCUT2D eigenvalue weighted by molar-refractivity contribution is -0.170. The lowest BCUT2D eigenvalue weighted by Crippen LogP contribution is -2.53. The molecule has 4 aromatic rings. The van der Waals surface area contributed by atoms with E-state index in [2.05, 4.69) is 21.2 Å². The molecule has 1 unspecified atom stereocenters. The Bertz CT molecular complexity index is 2000. The number of nitrogens with one attached hydrogen (secondary N) is 1. The summed E-state index contributed by atoms with van der Waals surface area (Å²) in [7, 11) is 0. The average Bonchev–Trinajstić information content (AvgIpc) is 3.70. The van der Waals surface area contributed by atoms with E-state index in [9.17, 15) is 22.7 Å². The van der Waals surface area contributed by atoms with E-state index in [1.54, 1.807) is 0 Å². The Hall–Kier alpha value is -4.48. The van der Waals surface area contributed by atoms with Crippen LogP contribution in [0.3, 0.4) is 0 Å². The summed E-state index contributed by atoms with van der Waals surface area (Å²) < 4.78 is 84.0. The highest BCUT2D eigenvalue weighted by molar-refractivity contribution is 6.04. The number of piperazine rings is 1. The predicted octanol–water partition coefficient (Wildman–Crippen LogP) is 5.02. The second-order valence-corrected chi connectivity index (χ2v) is 13.2. The molecule has 2 aromatic carbocycles. The largest absolute Gasteiger partial charge is 0.508 e. The molecule has 3 fully saturated rings. The summed E-state index contributed by atoms with van der Waals surface area (Å²) in [5, 5.41) is 14.7. The van der Waals surface area contributed by atoms with Crippen molar-refractivity contribution in [1.29, 1.82) is 0 Å². The zero-order chi connectivity index (χ0) is 33.4. The van der Waals surface area contributed by atoms with Crippen LogP contribution in [0.4, 0.5) is 27.8 Å². The Morgan fingerprint density at radius 1 is 1.12 bits per heavy atom. The van der Waals surface area contributed by atoms with Crippen molar-refractivity contribution in [3.8, 4) is 41.2 Å². The summed E-state index contributed by atoms with van der Waals surface area (Å²) in [6.07, 6.45) is 3.09. The van der Waals surface area contributed by atoms with Gasteiger partial charge in [-0.25, -0.2) is 13.8 Å². The van der Waals surface area contributed by atoms with Crippen molar-refractivity contribution < 1.29 is 36.5 Å². The maximum Gasteiger partial charge on any atom is 0.393 e. The number of hydrogen-bond acceptors (Lipinski definition) is 9. The first kappa shape index (κ1) is 30.8. The van der Waals surface area contributed by atoms with E-state index < -0.39 is 23.7 Å². The van der Waals surface area contributed by atoms with Crippen LogP contribution in [-0.2, 0) is 0 Å². The van der Waals surface area contributed by atoms with Crippen LogP contribution in [0.5, 0.6) is 17.6 Å². The molecule has 9 nitrogen and oxygen atoms in total. The second kappa shape index (κ2) is 11.3. The van der Waals surface area contributed by atoms with Crippen LogP contribution in [-0.4, -0.2) is 89.7 Å². The molecular weight excluding hydrogens is 635 g/mol. The van der Waals surface area contributed by atoms with E-state index in [-0.39, 0.29) is 88.4 Å². The topological polar surface area (TPSA) is 95.9 Å². The van der Waals surface area contributed by atoms with Gasteiger partial charge in [-0.2, -0.15) is 23.1 Å². The SMILES string of the molecule is C#Cc1c(F)ccc2cc(O)cc(-c3nc4c5c(nc(OCC6(CN7CCC(C(F)(F)F)C7)CC6)nc5c3F)N3CCNC[C@H]3CO4)c12. The zero-order valence-electron chi connectivity index (χ0n) is 25.7. The fourth-order valence-corrected chi connectivity index (χ4v) is 7.24. The molecule has 250 valence electrons. The van der Waals surface area contributed by atoms with Gasteiger partial charge in [0.1, 0.15) is 40.6 Å². The molecule has 0 amide bonds. The molecule has 4 aliphatic rings. The second-order valence-electron chi connectivity index (χ2n) is 13.2. The number of benzene rings is 2. The fourth-order valence-electron chi connectivity index (χ4n) is 7.24. The van der Waals surface area contributed by atoms with Crippen LogP contribution in [0, 0.1) is 35.3 Å². The first-order valence-corrected chi connectivity index (χ1v) is 15.9. The average molecular weight is 667 g/mol. The molecule has 0 radical (unpaired) electrons. The number of pyridine rings is 1. The molecule has 1 saturated carbocycles. The van der Waals surface area contributed by atoms with Gasteiger partial charge >= 0.3 is 12.2 Å². The number of alkyl halides is 3. The number of aromatic hydroxyl groups is 1. The summed E-state index contributed by atoms with van der Waals surface area (Å²) in [6.45, 7) is 2.91. The first-order valence-electron chi connectivity index (χ1n) is 15.9. The highest BCUT2D eigenvalue weighted by Gasteiger charge is 2.49. The van der Waals surface area contributed by atoms with Gasteiger partial charge in [0.15, 0.2) is 5.82 Å². The van der Waals surface area contributed by atoms with E-state index in [0.29, 0.717) is 43.9 Å². The van der Waals surface area contributed by atoms with Crippen LogP contribution in [0.15, 0.2) is 24.3 Å². The van der Waals surface area contributed by atoms with Crippen LogP contribution in [0.2, 0.25) is 0 Å². The van der Waals surface area contributed by atoms with Crippen molar-refractivity contribution in [1.82, 2.24) is 25.2 Å². The van der Waals surface area contributed by atoms with E-state index >= 15 is 4.39 Å². The third kappa shape index (κ3) is 5.29. The number of ether oxygens (including phenoxy) is 2. The summed E-state index contributed by atoms with van der Waals surface area (Å²) in [5.74, 6) is -0.288. The van der Waals surface area contributed by atoms with Crippen molar-refractivity contribution in [2.45, 2.75) is 31.5 Å². The van der Waals surface area contributed by atoms with Crippen LogP contribution < -0.4 is 19.7 Å². The van der Waals surface area contributed by atoms with Gasteiger partial charge in [-0.15, -0.1) is 6.42 Å². The third-order valence-electron chi connectivity index (χ3n) is 9.96. The number of rotatable bonds is 6. The van der Waals surface area contributed by atoms with Crippen LogP contribution >= 0.6 is 0 Å². The molecule has 5 heterocycles. The van der Waals surface area contributed by atoms with E-state index in [1.807, 2.05) is 9.80 Å². The number of anilines is 1. The fraction of sp³-hybridized carbons (Fsp3) is 0.441.